The van der Waals surface area contributed by atoms with Gasteiger partial charge in [-0.25, -0.2) is 0 Å². The molecular formula is C14H15NOS. The zero-order chi connectivity index (χ0) is 12.0. The largest absolute Gasteiger partial charge is 0.497 e. The SMILES string of the molecule is COc1ccc2c(c1)Nc1ccsc1C2(C)C. The lowest BCUT2D eigenvalue weighted by atomic mass is 9.79. The van der Waals surface area contributed by atoms with Gasteiger partial charge in [-0.05, 0) is 23.1 Å². The van der Waals surface area contributed by atoms with Crippen LogP contribution < -0.4 is 10.1 Å². The topological polar surface area (TPSA) is 21.3 Å². The Kier molecular flexibility index (Phi) is 2.20. The van der Waals surface area contributed by atoms with Crippen LogP contribution in [0.15, 0.2) is 29.6 Å². The highest BCUT2D eigenvalue weighted by atomic mass is 32.1. The van der Waals surface area contributed by atoms with E-state index < -0.39 is 0 Å². The van der Waals surface area contributed by atoms with E-state index in [2.05, 4.69) is 42.7 Å². The molecule has 17 heavy (non-hydrogen) atoms. The van der Waals surface area contributed by atoms with E-state index in [9.17, 15) is 0 Å². The molecule has 3 rings (SSSR count). The Hall–Kier alpha value is -1.48. The van der Waals surface area contributed by atoms with Gasteiger partial charge in [0, 0.05) is 22.0 Å². The monoisotopic (exact) mass is 245 g/mol. The Bertz CT molecular complexity index is 571. The van der Waals surface area contributed by atoms with E-state index in [0.717, 1.165) is 11.4 Å². The van der Waals surface area contributed by atoms with Crippen molar-refractivity contribution in [3.63, 3.8) is 0 Å². The molecule has 2 heterocycles. The quantitative estimate of drug-likeness (QED) is 0.815. The lowest BCUT2D eigenvalue weighted by molar-refractivity contribution is 0.414. The predicted octanol–water partition coefficient (Wildman–Crippen LogP) is 4.14. The maximum Gasteiger partial charge on any atom is 0.120 e. The smallest absolute Gasteiger partial charge is 0.120 e. The number of hydrogen-bond donors (Lipinski definition) is 1. The van der Waals surface area contributed by atoms with Gasteiger partial charge in [0.15, 0.2) is 0 Å². The van der Waals surface area contributed by atoms with Gasteiger partial charge < -0.3 is 10.1 Å². The first-order chi connectivity index (χ1) is 8.13. The molecule has 0 saturated carbocycles. The van der Waals surface area contributed by atoms with E-state index in [0.29, 0.717) is 0 Å². The first kappa shape index (κ1) is 10.7. The van der Waals surface area contributed by atoms with Crippen molar-refractivity contribution in [1.29, 1.82) is 0 Å². The van der Waals surface area contributed by atoms with Gasteiger partial charge in [0.2, 0.25) is 0 Å². The molecule has 3 heteroatoms. The lowest BCUT2D eigenvalue weighted by Crippen LogP contribution is -2.24. The molecule has 1 aromatic carbocycles. The molecular weight excluding hydrogens is 230 g/mol. The molecule has 0 saturated heterocycles. The van der Waals surface area contributed by atoms with E-state index >= 15 is 0 Å². The summed E-state index contributed by atoms with van der Waals surface area (Å²) in [5, 5.41) is 5.62. The number of rotatable bonds is 1. The zero-order valence-electron chi connectivity index (χ0n) is 10.2. The summed E-state index contributed by atoms with van der Waals surface area (Å²) in [6, 6.07) is 8.40. The van der Waals surface area contributed by atoms with Gasteiger partial charge in [0.25, 0.3) is 0 Å². The highest BCUT2D eigenvalue weighted by Crippen LogP contribution is 2.48. The predicted molar refractivity (Wildman–Crippen MR) is 72.7 cm³/mol. The van der Waals surface area contributed by atoms with E-state index in [1.807, 2.05) is 17.4 Å². The third-order valence-electron chi connectivity index (χ3n) is 3.40. The van der Waals surface area contributed by atoms with Crippen LogP contribution in [0.4, 0.5) is 11.4 Å². The van der Waals surface area contributed by atoms with Crippen molar-refractivity contribution in [1.82, 2.24) is 0 Å². The fourth-order valence-electron chi connectivity index (χ4n) is 2.46. The Morgan fingerprint density at radius 1 is 1.18 bits per heavy atom. The van der Waals surface area contributed by atoms with Gasteiger partial charge >= 0.3 is 0 Å². The van der Waals surface area contributed by atoms with Crippen LogP contribution in [-0.4, -0.2) is 7.11 Å². The summed E-state index contributed by atoms with van der Waals surface area (Å²) in [7, 11) is 1.70. The van der Waals surface area contributed by atoms with E-state index in [1.165, 1.54) is 16.1 Å². The van der Waals surface area contributed by atoms with Crippen LogP contribution in [0.5, 0.6) is 5.75 Å². The van der Waals surface area contributed by atoms with Gasteiger partial charge in [0.05, 0.1) is 12.8 Å². The molecule has 0 bridgehead atoms. The summed E-state index contributed by atoms with van der Waals surface area (Å²) < 4.78 is 5.28. The van der Waals surface area contributed by atoms with Gasteiger partial charge in [-0.2, -0.15) is 0 Å². The molecule has 1 aliphatic heterocycles. The third kappa shape index (κ3) is 1.46. The summed E-state index contributed by atoms with van der Waals surface area (Å²) in [5.74, 6) is 0.894. The molecule has 0 aliphatic carbocycles. The van der Waals surface area contributed by atoms with E-state index in [4.69, 9.17) is 4.74 Å². The van der Waals surface area contributed by atoms with Crippen molar-refractivity contribution >= 4 is 22.7 Å². The average Bonchev–Trinajstić information content (AvgIpc) is 2.77. The Balaban J connectivity index is 2.20. The fraction of sp³-hybridized carbons (Fsp3) is 0.286. The number of nitrogens with one attached hydrogen (secondary N) is 1. The van der Waals surface area contributed by atoms with Crippen molar-refractivity contribution in [2.24, 2.45) is 0 Å². The summed E-state index contributed by atoms with van der Waals surface area (Å²) in [6.45, 7) is 4.54. The standard InChI is InChI=1S/C14H15NOS/c1-14(2)10-5-4-9(16-3)8-12(10)15-11-6-7-17-13(11)14/h4-8,15H,1-3H3. The van der Waals surface area contributed by atoms with Crippen LogP contribution in [0.1, 0.15) is 24.3 Å². The van der Waals surface area contributed by atoms with Gasteiger partial charge in [-0.3, -0.25) is 0 Å². The number of hydrogen-bond acceptors (Lipinski definition) is 3. The van der Waals surface area contributed by atoms with Crippen molar-refractivity contribution in [3.8, 4) is 5.75 Å². The number of benzene rings is 1. The maximum absolute atomic E-state index is 5.28. The van der Waals surface area contributed by atoms with Crippen LogP contribution in [0.2, 0.25) is 0 Å². The van der Waals surface area contributed by atoms with Crippen LogP contribution in [0.3, 0.4) is 0 Å². The molecule has 88 valence electrons. The van der Waals surface area contributed by atoms with Crippen LogP contribution in [0.25, 0.3) is 0 Å². The minimum absolute atomic E-state index is 0.0658. The first-order valence-corrected chi connectivity index (χ1v) is 6.54. The number of methoxy groups -OCH3 is 1. The first-order valence-electron chi connectivity index (χ1n) is 5.66. The average molecular weight is 245 g/mol. The minimum atomic E-state index is 0.0658. The molecule has 2 aromatic rings. The molecule has 0 radical (unpaired) electrons. The number of fused-ring (bicyclic) bond motifs is 2. The van der Waals surface area contributed by atoms with Gasteiger partial charge in [0.1, 0.15) is 5.75 Å². The molecule has 0 fully saturated rings. The second-order valence-electron chi connectivity index (χ2n) is 4.82. The lowest BCUT2D eigenvalue weighted by Gasteiger charge is -2.33. The molecule has 1 aromatic heterocycles. The molecule has 2 nitrogen and oxygen atoms in total. The van der Waals surface area contributed by atoms with Crippen LogP contribution in [0, 0.1) is 0 Å². The molecule has 1 N–H and O–H groups in total. The zero-order valence-corrected chi connectivity index (χ0v) is 11.0. The highest BCUT2D eigenvalue weighted by molar-refractivity contribution is 7.10. The van der Waals surface area contributed by atoms with Crippen molar-refractivity contribution < 1.29 is 4.74 Å². The molecule has 0 amide bonds. The van der Waals surface area contributed by atoms with Gasteiger partial charge in [-0.1, -0.05) is 19.9 Å². The summed E-state index contributed by atoms with van der Waals surface area (Å²) in [6.07, 6.45) is 0. The Morgan fingerprint density at radius 3 is 2.76 bits per heavy atom. The Morgan fingerprint density at radius 2 is 2.00 bits per heavy atom. The molecule has 0 atom stereocenters. The van der Waals surface area contributed by atoms with E-state index in [-0.39, 0.29) is 5.41 Å². The Labute approximate surface area is 105 Å². The van der Waals surface area contributed by atoms with Crippen molar-refractivity contribution in [2.75, 3.05) is 12.4 Å². The number of thiophene rings is 1. The number of anilines is 2. The van der Waals surface area contributed by atoms with E-state index in [1.54, 1.807) is 7.11 Å². The van der Waals surface area contributed by atoms with Crippen LogP contribution >= 0.6 is 11.3 Å². The summed E-state index contributed by atoms with van der Waals surface area (Å²) >= 11 is 1.81. The second-order valence-corrected chi connectivity index (χ2v) is 5.74. The molecule has 1 aliphatic rings. The fourth-order valence-corrected chi connectivity index (χ4v) is 3.45. The number of ether oxygens (including phenoxy) is 1. The molecule has 0 spiro atoms. The van der Waals surface area contributed by atoms with Crippen LogP contribution in [-0.2, 0) is 5.41 Å². The summed E-state index contributed by atoms with van der Waals surface area (Å²) in [5.41, 5.74) is 3.77. The van der Waals surface area contributed by atoms with Crippen molar-refractivity contribution in [3.05, 3.63) is 40.1 Å². The second kappa shape index (κ2) is 3.50. The summed E-state index contributed by atoms with van der Waals surface area (Å²) in [4.78, 5) is 1.40. The highest BCUT2D eigenvalue weighted by Gasteiger charge is 2.33. The van der Waals surface area contributed by atoms with Gasteiger partial charge in [-0.15, -0.1) is 11.3 Å². The van der Waals surface area contributed by atoms with Crippen molar-refractivity contribution in [2.45, 2.75) is 19.3 Å². The normalized spacial score (nSPS) is 15.7. The third-order valence-corrected chi connectivity index (χ3v) is 4.64. The molecule has 0 unspecified atom stereocenters. The minimum Gasteiger partial charge on any atom is -0.497 e. The maximum atomic E-state index is 5.28.